The van der Waals surface area contributed by atoms with Gasteiger partial charge in [0.1, 0.15) is 28.4 Å². The standard InChI is InChI=1S/C22H12FN3O3S/c23-17-5-1-15(2-6-17)21-10-9-19(29-21)11-16(12-24)22-25-20(13-30-22)14-3-7-18(8-4-14)26(27)28/h1-11,13H/b16-11+. The number of allylic oxidation sites excluding steroid dienone is 1. The van der Waals surface area contributed by atoms with Gasteiger partial charge in [0.25, 0.3) is 5.69 Å². The zero-order valence-corrected chi connectivity index (χ0v) is 16.1. The second-order valence-electron chi connectivity index (χ2n) is 6.22. The number of benzene rings is 2. The number of nitriles is 1. The third-order valence-corrected chi connectivity index (χ3v) is 5.15. The lowest BCUT2D eigenvalue weighted by molar-refractivity contribution is -0.384. The van der Waals surface area contributed by atoms with Crippen LogP contribution in [0.15, 0.2) is 70.5 Å². The van der Waals surface area contributed by atoms with Gasteiger partial charge >= 0.3 is 0 Å². The molecular weight excluding hydrogens is 405 g/mol. The van der Waals surface area contributed by atoms with Gasteiger partial charge in [-0.1, -0.05) is 0 Å². The molecule has 6 nitrogen and oxygen atoms in total. The van der Waals surface area contributed by atoms with E-state index in [1.54, 1.807) is 47.9 Å². The molecule has 0 bridgehead atoms. The van der Waals surface area contributed by atoms with Crippen LogP contribution in [-0.2, 0) is 0 Å². The summed E-state index contributed by atoms with van der Waals surface area (Å²) in [4.78, 5) is 14.8. The minimum atomic E-state index is -0.462. The average molecular weight is 417 g/mol. The van der Waals surface area contributed by atoms with Gasteiger partial charge in [-0.2, -0.15) is 5.26 Å². The average Bonchev–Trinajstić information content (AvgIpc) is 3.43. The first-order valence-corrected chi connectivity index (χ1v) is 9.60. The first kappa shape index (κ1) is 19.2. The van der Waals surface area contributed by atoms with Crippen LogP contribution in [-0.4, -0.2) is 9.91 Å². The number of hydrogen-bond acceptors (Lipinski definition) is 6. The summed E-state index contributed by atoms with van der Waals surface area (Å²) in [6, 6.07) is 17.6. The van der Waals surface area contributed by atoms with Crippen LogP contribution in [0.1, 0.15) is 10.8 Å². The molecule has 8 heteroatoms. The molecule has 0 radical (unpaired) electrons. The van der Waals surface area contributed by atoms with Crippen molar-refractivity contribution in [2.45, 2.75) is 0 Å². The Labute approximate surface area is 174 Å². The number of nitrogens with zero attached hydrogens (tertiary/aromatic N) is 3. The Morgan fingerprint density at radius 1 is 1.10 bits per heavy atom. The maximum atomic E-state index is 13.1. The molecule has 2 aromatic carbocycles. The summed E-state index contributed by atoms with van der Waals surface area (Å²) in [6.07, 6.45) is 1.59. The highest BCUT2D eigenvalue weighted by Gasteiger charge is 2.12. The molecule has 0 saturated carbocycles. The molecule has 30 heavy (non-hydrogen) atoms. The summed E-state index contributed by atoms with van der Waals surface area (Å²) in [5.41, 5.74) is 2.40. The van der Waals surface area contributed by atoms with Crippen molar-refractivity contribution in [2.24, 2.45) is 0 Å². The Morgan fingerprint density at radius 2 is 1.80 bits per heavy atom. The highest BCUT2D eigenvalue weighted by molar-refractivity contribution is 7.11. The molecule has 0 N–H and O–H groups in total. The van der Waals surface area contributed by atoms with Crippen LogP contribution in [0.5, 0.6) is 0 Å². The number of halogens is 1. The molecule has 146 valence electrons. The molecular formula is C22H12FN3O3S. The third-order valence-electron chi connectivity index (χ3n) is 4.27. The minimum absolute atomic E-state index is 0.00147. The van der Waals surface area contributed by atoms with E-state index in [9.17, 15) is 19.8 Å². The van der Waals surface area contributed by atoms with Gasteiger partial charge in [-0.15, -0.1) is 11.3 Å². The Bertz CT molecular complexity index is 1280. The van der Waals surface area contributed by atoms with Crippen LogP contribution < -0.4 is 0 Å². The van der Waals surface area contributed by atoms with E-state index in [0.717, 1.165) is 11.1 Å². The van der Waals surface area contributed by atoms with Crippen LogP contribution in [0.3, 0.4) is 0 Å². The molecule has 0 spiro atoms. The van der Waals surface area contributed by atoms with Crippen LogP contribution in [0, 0.1) is 27.3 Å². The van der Waals surface area contributed by atoms with Gasteiger partial charge < -0.3 is 4.42 Å². The van der Waals surface area contributed by atoms with Gasteiger partial charge in [-0.3, -0.25) is 10.1 Å². The van der Waals surface area contributed by atoms with Crippen molar-refractivity contribution in [1.29, 1.82) is 5.26 Å². The lowest BCUT2D eigenvalue weighted by Gasteiger charge is -1.97. The summed E-state index contributed by atoms with van der Waals surface area (Å²) < 4.78 is 18.8. The van der Waals surface area contributed by atoms with Crippen LogP contribution in [0.25, 0.3) is 34.2 Å². The van der Waals surface area contributed by atoms with E-state index in [2.05, 4.69) is 11.1 Å². The van der Waals surface area contributed by atoms with Crippen molar-refractivity contribution >= 4 is 28.7 Å². The quantitative estimate of drug-likeness (QED) is 0.219. The first-order valence-electron chi connectivity index (χ1n) is 8.72. The van der Waals surface area contributed by atoms with Gasteiger partial charge in [0.05, 0.1) is 16.2 Å². The third kappa shape index (κ3) is 4.01. The molecule has 0 aliphatic rings. The molecule has 4 rings (SSSR count). The van der Waals surface area contributed by atoms with E-state index >= 15 is 0 Å². The van der Waals surface area contributed by atoms with Gasteiger partial charge in [-0.25, -0.2) is 9.37 Å². The van der Waals surface area contributed by atoms with Gasteiger partial charge in [0.15, 0.2) is 0 Å². The number of rotatable bonds is 5. The van der Waals surface area contributed by atoms with E-state index < -0.39 is 4.92 Å². The molecule has 0 amide bonds. The zero-order chi connectivity index (χ0) is 21.1. The lowest BCUT2D eigenvalue weighted by Crippen LogP contribution is -1.87. The second-order valence-corrected chi connectivity index (χ2v) is 7.08. The predicted molar refractivity (Wildman–Crippen MR) is 112 cm³/mol. The van der Waals surface area contributed by atoms with Gasteiger partial charge in [0, 0.05) is 34.7 Å². The van der Waals surface area contributed by atoms with E-state index in [0.29, 0.717) is 27.8 Å². The summed E-state index contributed by atoms with van der Waals surface area (Å²) in [5.74, 6) is 0.701. The fourth-order valence-electron chi connectivity index (χ4n) is 2.77. The summed E-state index contributed by atoms with van der Waals surface area (Å²) >= 11 is 1.29. The number of non-ortho nitro benzene ring substituents is 1. The summed E-state index contributed by atoms with van der Waals surface area (Å²) in [6.45, 7) is 0. The summed E-state index contributed by atoms with van der Waals surface area (Å²) in [7, 11) is 0. The Hall–Kier alpha value is -4.09. The Morgan fingerprint density at radius 3 is 2.47 bits per heavy atom. The Balaban J connectivity index is 1.59. The van der Waals surface area contributed by atoms with Gasteiger partial charge in [0.2, 0.25) is 0 Å². The molecule has 4 aromatic rings. The minimum Gasteiger partial charge on any atom is -0.457 e. The fraction of sp³-hybridized carbons (Fsp3) is 0. The van der Waals surface area contributed by atoms with Crippen molar-refractivity contribution in [3.8, 4) is 28.7 Å². The monoisotopic (exact) mass is 417 g/mol. The van der Waals surface area contributed by atoms with Crippen molar-refractivity contribution in [3.05, 3.63) is 92.7 Å². The SMILES string of the molecule is N#C/C(=C\c1ccc(-c2ccc(F)cc2)o1)c1nc(-c2ccc([N+](=O)[O-])cc2)cs1. The fourth-order valence-corrected chi connectivity index (χ4v) is 3.56. The topological polar surface area (TPSA) is 93.0 Å². The number of furan rings is 1. The highest BCUT2D eigenvalue weighted by Crippen LogP contribution is 2.29. The zero-order valence-electron chi connectivity index (χ0n) is 15.3. The highest BCUT2D eigenvalue weighted by atomic mass is 32.1. The molecule has 0 atom stereocenters. The first-order chi connectivity index (χ1) is 14.5. The van der Waals surface area contributed by atoms with Crippen molar-refractivity contribution < 1.29 is 13.7 Å². The van der Waals surface area contributed by atoms with Crippen molar-refractivity contribution in [1.82, 2.24) is 4.98 Å². The predicted octanol–water partition coefficient (Wildman–Crippen LogP) is 6.18. The van der Waals surface area contributed by atoms with Crippen molar-refractivity contribution in [2.75, 3.05) is 0 Å². The molecule has 0 unspecified atom stereocenters. The smallest absolute Gasteiger partial charge is 0.269 e. The maximum absolute atomic E-state index is 13.1. The van der Waals surface area contributed by atoms with Crippen LogP contribution in [0.4, 0.5) is 10.1 Å². The molecule has 0 aliphatic carbocycles. The number of hydrogen-bond donors (Lipinski definition) is 0. The molecule has 0 aliphatic heterocycles. The summed E-state index contributed by atoms with van der Waals surface area (Å²) in [5, 5.41) is 22.6. The number of nitro groups is 1. The van der Waals surface area contributed by atoms with E-state index in [1.165, 1.54) is 35.6 Å². The normalized spacial score (nSPS) is 11.3. The number of thiazole rings is 1. The number of nitro benzene ring substituents is 1. The molecule has 2 heterocycles. The molecule has 0 fully saturated rings. The lowest BCUT2D eigenvalue weighted by atomic mass is 10.1. The molecule has 0 saturated heterocycles. The van der Waals surface area contributed by atoms with Crippen LogP contribution >= 0.6 is 11.3 Å². The van der Waals surface area contributed by atoms with E-state index in [-0.39, 0.29) is 11.5 Å². The maximum Gasteiger partial charge on any atom is 0.269 e. The largest absolute Gasteiger partial charge is 0.457 e. The number of aromatic nitrogens is 1. The van der Waals surface area contributed by atoms with Crippen LogP contribution in [0.2, 0.25) is 0 Å². The van der Waals surface area contributed by atoms with E-state index in [1.807, 2.05) is 0 Å². The Kier molecular flexibility index (Phi) is 5.20. The van der Waals surface area contributed by atoms with Crippen molar-refractivity contribution in [3.63, 3.8) is 0 Å². The molecule has 2 aromatic heterocycles. The van der Waals surface area contributed by atoms with E-state index in [4.69, 9.17) is 4.42 Å². The van der Waals surface area contributed by atoms with Gasteiger partial charge in [-0.05, 0) is 48.5 Å². The second kappa shape index (κ2) is 8.11.